The van der Waals surface area contributed by atoms with E-state index in [1.54, 1.807) is 0 Å². The van der Waals surface area contributed by atoms with E-state index in [0.717, 1.165) is 12.8 Å². The van der Waals surface area contributed by atoms with E-state index in [1.807, 2.05) is 0 Å². The minimum atomic E-state index is -0.301. The summed E-state index contributed by atoms with van der Waals surface area (Å²) >= 11 is 0. The third kappa shape index (κ3) is 4.55. The average Bonchev–Trinajstić information content (AvgIpc) is 3.07. The van der Waals surface area contributed by atoms with Crippen LogP contribution in [0.4, 0.5) is 0 Å². The van der Waals surface area contributed by atoms with Crippen molar-refractivity contribution in [1.82, 2.24) is 0 Å². The van der Waals surface area contributed by atoms with Crippen molar-refractivity contribution in [3.8, 4) is 0 Å². The maximum Gasteiger partial charge on any atom is 0.0673 e. The molecule has 1 aliphatic rings. The molecule has 0 heterocycles. The van der Waals surface area contributed by atoms with E-state index in [4.69, 9.17) is 0 Å². The zero-order valence-electron chi connectivity index (χ0n) is 10.6. The fourth-order valence-corrected chi connectivity index (χ4v) is 2.50. The van der Waals surface area contributed by atoms with Crippen LogP contribution in [0.3, 0.4) is 0 Å². The van der Waals surface area contributed by atoms with Crippen molar-refractivity contribution >= 4 is 0 Å². The highest BCUT2D eigenvalue weighted by molar-refractivity contribution is 4.93. The van der Waals surface area contributed by atoms with Crippen molar-refractivity contribution in [3.63, 3.8) is 0 Å². The van der Waals surface area contributed by atoms with Crippen LogP contribution in [0.15, 0.2) is 0 Å². The van der Waals surface area contributed by atoms with Gasteiger partial charge in [-0.15, -0.1) is 0 Å². The second kappa shape index (κ2) is 6.52. The summed E-state index contributed by atoms with van der Waals surface area (Å²) in [6.07, 6.45) is 12.5. The quantitative estimate of drug-likeness (QED) is 0.565. The molecule has 0 aromatic rings. The van der Waals surface area contributed by atoms with E-state index in [1.165, 1.54) is 51.4 Å². The molecule has 1 aliphatic carbocycles. The van der Waals surface area contributed by atoms with E-state index in [9.17, 15) is 5.11 Å². The summed E-state index contributed by atoms with van der Waals surface area (Å²) in [6.45, 7) is 4.39. The Bertz CT molecular complexity index is 163. The molecule has 0 aromatic carbocycles. The van der Waals surface area contributed by atoms with Gasteiger partial charge in [-0.1, -0.05) is 52.4 Å². The highest BCUT2D eigenvalue weighted by atomic mass is 16.3. The van der Waals surface area contributed by atoms with E-state index in [-0.39, 0.29) is 5.60 Å². The van der Waals surface area contributed by atoms with Crippen LogP contribution >= 0.6 is 0 Å². The number of aliphatic hydroxyl groups is 1. The Labute approximate surface area is 95.3 Å². The third-order valence-corrected chi connectivity index (χ3v) is 3.91. The Morgan fingerprint density at radius 3 is 2.13 bits per heavy atom. The fraction of sp³-hybridized carbons (Fsp3) is 1.00. The zero-order valence-corrected chi connectivity index (χ0v) is 10.6. The van der Waals surface area contributed by atoms with Gasteiger partial charge in [-0.3, -0.25) is 0 Å². The molecular formula is C14H28O. The monoisotopic (exact) mass is 212 g/mol. The number of rotatable bonds is 9. The third-order valence-electron chi connectivity index (χ3n) is 3.91. The summed E-state index contributed by atoms with van der Waals surface area (Å²) in [4.78, 5) is 0. The molecule has 0 saturated heterocycles. The lowest BCUT2D eigenvalue weighted by molar-refractivity contribution is 0.00283. The molecule has 0 radical (unpaired) electrons. The van der Waals surface area contributed by atoms with Crippen LogP contribution in [0, 0.1) is 5.92 Å². The zero-order chi connectivity index (χ0) is 11.1. The first-order valence-electron chi connectivity index (χ1n) is 6.95. The lowest BCUT2D eigenvalue weighted by Crippen LogP contribution is -2.30. The molecule has 1 atom stereocenters. The number of hydrogen-bond acceptors (Lipinski definition) is 1. The van der Waals surface area contributed by atoms with Gasteiger partial charge in [-0.2, -0.15) is 0 Å². The SMILES string of the molecule is CCCCCCCCC(O)(CC)C1CC1. The van der Waals surface area contributed by atoms with Gasteiger partial charge in [-0.25, -0.2) is 0 Å². The number of unbranched alkanes of at least 4 members (excludes halogenated alkanes) is 5. The topological polar surface area (TPSA) is 20.2 Å². The molecule has 1 saturated carbocycles. The summed E-state index contributed by atoms with van der Waals surface area (Å²) in [5, 5.41) is 10.4. The average molecular weight is 212 g/mol. The number of hydrogen-bond donors (Lipinski definition) is 1. The molecule has 1 fully saturated rings. The van der Waals surface area contributed by atoms with Crippen molar-refractivity contribution in [2.75, 3.05) is 0 Å². The Morgan fingerprint density at radius 1 is 1.00 bits per heavy atom. The molecule has 1 unspecified atom stereocenters. The van der Waals surface area contributed by atoms with Gasteiger partial charge in [0.15, 0.2) is 0 Å². The van der Waals surface area contributed by atoms with Crippen molar-refractivity contribution in [2.24, 2.45) is 5.92 Å². The normalized spacial score (nSPS) is 20.2. The molecule has 1 rings (SSSR count). The molecule has 90 valence electrons. The van der Waals surface area contributed by atoms with E-state index in [0.29, 0.717) is 5.92 Å². The van der Waals surface area contributed by atoms with Gasteiger partial charge in [0.1, 0.15) is 0 Å². The van der Waals surface area contributed by atoms with Gasteiger partial charge in [-0.05, 0) is 31.6 Å². The van der Waals surface area contributed by atoms with Crippen molar-refractivity contribution in [1.29, 1.82) is 0 Å². The van der Waals surface area contributed by atoms with Gasteiger partial charge in [0.05, 0.1) is 5.60 Å². The van der Waals surface area contributed by atoms with Gasteiger partial charge in [0.2, 0.25) is 0 Å². The summed E-state index contributed by atoms with van der Waals surface area (Å²) in [5.74, 6) is 0.637. The summed E-state index contributed by atoms with van der Waals surface area (Å²) < 4.78 is 0. The van der Waals surface area contributed by atoms with Crippen LogP contribution in [0.25, 0.3) is 0 Å². The summed E-state index contributed by atoms with van der Waals surface area (Å²) in [7, 11) is 0. The van der Waals surface area contributed by atoms with Crippen LogP contribution in [-0.2, 0) is 0 Å². The van der Waals surface area contributed by atoms with Crippen LogP contribution < -0.4 is 0 Å². The first-order valence-corrected chi connectivity index (χ1v) is 6.95. The highest BCUT2D eigenvalue weighted by Gasteiger charge is 2.41. The van der Waals surface area contributed by atoms with Gasteiger partial charge in [0.25, 0.3) is 0 Å². The van der Waals surface area contributed by atoms with Crippen LogP contribution in [0.2, 0.25) is 0 Å². The predicted octanol–water partition coefficient (Wildman–Crippen LogP) is 4.29. The second-order valence-electron chi connectivity index (χ2n) is 5.25. The molecule has 15 heavy (non-hydrogen) atoms. The summed E-state index contributed by atoms with van der Waals surface area (Å²) in [5.41, 5.74) is -0.301. The molecule has 1 N–H and O–H groups in total. The van der Waals surface area contributed by atoms with Gasteiger partial charge < -0.3 is 5.11 Å². The van der Waals surface area contributed by atoms with Crippen LogP contribution in [-0.4, -0.2) is 10.7 Å². The van der Waals surface area contributed by atoms with Gasteiger partial charge >= 0.3 is 0 Å². The molecule has 0 amide bonds. The standard InChI is InChI=1S/C14H28O/c1-3-5-6-7-8-9-12-14(15,4-2)13-10-11-13/h13,15H,3-12H2,1-2H3. The fourth-order valence-electron chi connectivity index (χ4n) is 2.50. The maximum atomic E-state index is 10.4. The Morgan fingerprint density at radius 2 is 1.60 bits per heavy atom. The molecular weight excluding hydrogens is 184 g/mol. The van der Waals surface area contributed by atoms with Crippen LogP contribution in [0.1, 0.15) is 78.1 Å². The highest BCUT2D eigenvalue weighted by Crippen LogP contribution is 2.44. The first kappa shape index (κ1) is 13.0. The minimum Gasteiger partial charge on any atom is -0.390 e. The molecule has 1 heteroatoms. The van der Waals surface area contributed by atoms with E-state index < -0.39 is 0 Å². The minimum absolute atomic E-state index is 0.301. The van der Waals surface area contributed by atoms with E-state index in [2.05, 4.69) is 13.8 Å². The second-order valence-corrected chi connectivity index (χ2v) is 5.25. The molecule has 0 aromatic heterocycles. The largest absolute Gasteiger partial charge is 0.390 e. The van der Waals surface area contributed by atoms with Crippen molar-refractivity contribution in [3.05, 3.63) is 0 Å². The van der Waals surface area contributed by atoms with Crippen LogP contribution in [0.5, 0.6) is 0 Å². The Hall–Kier alpha value is -0.0400. The predicted molar refractivity (Wildman–Crippen MR) is 66.0 cm³/mol. The molecule has 0 aliphatic heterocycles. The lowest BCUT2D eigenvalue weighted by Gasteiger charge is -2.26. The molecule has 0 spiro atoms. The molecule has 1 nitrogen and oxygen atoms in total. The smallest absolute Gasteiger partial charge is 0.0673 e. The van der Waals surface area contributed by atoms with Gasteiger partial charge in [0, 0.05) is 0 Å². The first-order chi connectivity index (χ1) is 7.23. The Balaban J connectivity index is 2.02. The maximum absolute atomic E-state index is 10.4. The van der Waals surface area contributed by atoms with E-state index >= 15 is 0 Å². The Kier molecular flexibility index (Phi) is 5.66. The van der Waals surface area contributed by atoms with Crippen molar-refractivity contribution < 1.29 is 5.11 Å². The molecule has 0 bridgehead atoms. The van der Waals surface area contributed by atoms with Crippen molar-refractivity contribution in [2.45, 2.75) is 83.7 Å². The summed E-state index contributed by atoms with van der Waals surface area (Å²) in [6, 6.07) is 0. The lowest BCUT2D eigenvalue weighted by atomic mass is 9.88.